The lowest BCUT2D eigenvalue weighted by Gasteiger charge is -2.14. The van der Waals surface area contributed by atoms with Gasteiger partial charge in [-0.2, -0.15) is 0 Å². The zero-order chi connectivity index (χ0) is 15.5. The van der Waals surface area contributed by atoms with E-state index in [-0.39, 0.29) is 5.91 Å². The molecular formula is C18H21NOS2. The van der Waals surface area contributed by atoms with Crippen molar-refractivity contribution in [3.63, 3.8) is 0 Å². The fraction of sp³-hybridized carbons (Fsp3) is 0.389. The number of nitrogens with one attached hydrogen (secondary N) is 1. The Morgan fingerprint density at radius 1 is 1.23 bits per heavy atom. The van der Waals surface area contributed by atoms with E-state index in [9.17, 15) is 4.79 Å². The van der Waals surface area contributed by atoms with Crippen LogP contribution < -0.4 is 5.32 Å². The molecule has 3 rings (SSSR count). The molecule has 1 fully saturated rings. The number of para-hydroxylation sites is 1. The Morgan fingerprint density at radius 2 is 1.95 bits per heavy atom. The summed E-state index contributed by atoms with van der Waals surface area (Å²) in [5, 5.41) is 3.80. The average molecular weight is 332 g/mol. The van der Waals surface area contributed by atoms with Crippen LogP contribution in [-0.2, 0) is 0 Å². The molecule has 1 aliphatic rings. The van der Waals surface area contributed by atoms with Crippen LogP contribution in [0.4, 0.5) is 5.69 Å². The van der Waals surface area contributed by atoms with Gasteiger partial charge in [0.2, 0.25) is 0 Å². The van der Waals surface area contributed by atoms with Gasteiger partial charge in [-0.3, -0.25) is 4.79 Å². The predicted octanol–water partition coefficient (Wildman–Crippen LogP) is 5.65. The first-order valence-corrected chi connectivity index (χ1v) is 9.47. The fourth-order valence-corrected chi connectivity index (χ4v) is 5.16. The van der Waals surface area contributed by atoms with Crippen LogP contribution in [0.2, 0.25) is 0 Å². The summed E-state index contributed by atoms with van der Waals surface area (Å²) in [5.41, 5.74) is 1.73. The first kappa shape index (κ1) is 15.6. The molecule has 0 bridgehead atoms. The van der Waals surface area contributed by atoms with Crippen LogP contribution in [0.25, 0.3) is 0 Å². The molecule has 4 heteroatoms. The third-order valence-corrected chi connectivity index (χ3v) is 6.40. The van der Waals surface area contributed by atoms with E-state index in [0.717, 1.165) is 16.1 Å². The number of aryl methyl sites for hydroxylation is 2. The third-order valence-electron chi connectivity index (χ3n) is 4.02. The minimum Gasteiger partial charge on any atom is -0.321 e. The summed E-state index contributed by atoms with van der Waals surface area (Å²) in [6.07, 6.45) is 5.24. The molecule has 0 saturated heterocycles. The minimum atomic E-state index is 0.00122. The molecule has 0 unspecified atom stereocenters. The van der Waals surface area contributed by atoms with E-state index in [2.05, 4.69) is 11.4 Å². The molecule has 0 radical (unpaired) electrons. The second-order valence-electron chi connectivity index (χ2n) is 5.80. The maximum atomic E-state index is 12.5. The van der Waals surface area contributed by atoms with E-state index < -0.39 is 0 Å². The number of anilines is 1. The van der Waals surface area contributed by atoms with E-state index >= 15 is 0 Å². The van der Waals surface area contributed by atoms with Crippen molar-refractivity contribution < 1.29 is 4.79 Å². The Kier molecular flexibility index (Phi) is 4.89. The highest BCUT2D eigenvalue weighted by Crippen LogP contribution is 2.38. The van der Waals surface area contributed by atoms with Crippen LogP contribution in [-0.4, -0.2) is 11.2 Å². The molecule has 1 aromatic carbocycles. The van der Waals surface area contributed by atoms with Crippen LogP contribution >= 0.6 is 23.1 Å². The highest BCUT2D eigenvalue weighted by Gasteiger charge is 2.19. The van der Waals surface area contributed by atoms with Gasteiger partial charge in [0.1, 0.15) is 0 Å². The average Bonchev–Trinajstić information content (AvgIpc) is 3.10. The molecule has 22 heavy (non-hydrogen) atoms. The summed E-state index contributed by atoms with van der Waals surface area (Å²) >= 11 is 3.58. The second-order valence-corrected chi connectivity index (χ2v) is 8.60. The lowest BCUT2D eigenvalue weighted by molar-refractivity contribution is 0.102. The summed E-state index contributed by atoms with van der Waals surface area (Å²) in [6, 6.07) is 10.1. The molecule has 1 amide bonds. The van der Waals surface area contributed by atoms with Gasteiger partial charge in [-0.1, -0.05) is 25.0 Å². The maximum absolute atomic E-state index is 12.5. The van der Waals surface area contributed by atoms with Crippen molar-refractivity contribution in [1.82, 2.24) is 0 Å². The molecule has 1 heterocycles. The number of amides is 1. The largest absolute Gasteiger partial charge is 0.321 e. The Balaban J connectivity index is 1.77. The van der Waals surface area contributed by atoms with Gasteiger partial charge in [0, 0.05) is 19.9 Å². The van der Waals surface area contributed by atoms with Gasteiger partial charge in [-0.15, -0.1) is 23.1 Å². The number of benzene rings is 1. The zero-order valence-electron chi connectivity index (χ0n) is 13.0. The topological polar surface area (TPSA) is 29.1 Å². The molecule has 2 nitrogen and oxygen atoms in total. The first-order chi connectivity index (χ1) is 10.6. The highest BCUT2D eigenvalue weighted by molar-refractivity contribution is 8.00. The van der Waals surface area contributed by atoms with E-state index in [1.165, 1.54) is 35.5 Å². The molecule has 1 saturated carbocycles. The first-order valence-electron chi connectivity index (χ1n) is 7.77. The smallest absolute Gasteiger partial charge is 0.256 e. The molecule has 116 valence electrons. The third kappa shape index (κ3) is 3.55. The van der Waals surface area contributed by atoms with Crippen molar-refractivity contribution in [3.05, 3.63) is 45.6 Å². The van der Waals surface area contributed by atoms with Gasteiger partial charge in [0.15, 0.2) is 0 Å². The Bertz CT molecular complexity index is 671. The van der Waals surface area contributed by atoms with Gasteiger partial charge >= 0.3 is 0 Å². The van der Waals surface area contributed by atoms with Crippen molar-refractivity contribution in [2.75, 3.05) is 5.32 Å². The van der Waals surface area contributed by atoms with E-state index in [1.54, 1.807) is 11.3 Å². The molecule has 1 aliphatic carbocycles. The zero-order valence-corrected chi connectivity index (χ0v) is 14.7. The lowest BCUT2D eigenvalue weighted by Crippen LogP contribution is -2.13. The quantitative estimate of drug-likeness (QED) is 0.784. The summed E-state index contributed by atoms with van der Waals surface area (Å²) in [4.78, 5) is 16.0. The van der Waals surface area contributed by atoms with Crippen molar-refractivity contribution in [3.8, 4) is 0 Å². The van der Waals surface area contributed by atoms with Crippen molar-refractivity contribution >= 4 is 34.7 Å². The second kappa shape index (κ2) is 6.88. The van der Waals surface area contributed by atoms with Gasteiger partial charge in [-0.25, -0.2) is 0 Å². The van der Waals surface area contributed by atoms with Crippen LogP contribution in [0.1, 0.15) is 45.8 Å². The number of carbonyl (C=O) groups is 1. The minimum absolute atomic E-state index is 0.00122. The van der Waals surface area contributed by atoms with Crippen LogP contribution in [0.3, 0.4) is 0 Å². The molecule has 0 atom stereocenters. The highest BCUT2D eigenvalue weighted by atomic mass is 32.2. The number of rotatable bonds is 4. The number of carbonyl (C=O) groups excluding carboxylic acids is 1. The molecule has 0 aliphatic heterocycles. The van der Waals surface area contributed by atoms with Gasteiger partial charge in [0.25, 0.3) is 5.91 Å². The van der Waals surface area contributed by atoms with Gasteiger partial charge in [0.05, 0.1) is 11.3 Å². The summed E-state index contributed by atoms with van der Waals surface area (Å²) in [6.45, 7) is 4.05. The number of hydrogen-bond donors (Lipinski definition) is 1. The summed E-state index contributed by atoms with van der Waals surface area (Å²) < 4.78 is 0. The standard InChI is InChI=1S/C18H21NOS2/c1-12-11-15(13(2)21-12)18(20)19-16-9-5-6-10-17(16)22-14-7-3-4-8-14/h5-6,9-11,14H,3-4,7-8H2,1-2H3,(H,19,20). The van der Waals surface area contributed by atoms with Gasteiger partial charge < -0.3 is 5.32 Å². The Morgan fingerprint density at radius 3 is 2.64 bits per heavy atom. The van der Waals surface area contributed by atoms with E-state index in [4.69, 9.17) is 0 Å². The molecule has 1 N–H and O–H groups in total. The predicted molar refractivity (Wildman–Crippen MR) is 96.3 cm³/mol. The summed E-state index contributed by atoms with van der Waals surface area (Å²) in [5.74, 6) is 0.00122. The van der Waals surface area contributed by atoms with Crippen LogP contribution in [0.5, 0.6) is 0 Å². The number of thioether (sulfide) groups is 1. The molecule has 1 aromatic heterocycles. The van der Waals surface area contributed by atoms with E-state index in [1.807, 2.05) is 49.9 Å². The lowest BCUT2D eigenvalue weighted by atomic mass is 10.2. The van der Waals surface area contributed by atoms with Crippen molar-refractivity contribution in [2.45, 2.75) is 49.7 Å². The number of thiophene rings is 1. The molecular weight excluding hydrogens is 310 g/mol. The number of hydrogen-bond acceptors (Lipinski definition) is 3. The SMILES string of the molecule is Cc1cc(C(=O)Nc2ccccc2SC2CCCC2)c(C)s1. The maximum Gasteiger partial charge on any atom is 0.256 e. The Labute approximate surface area is 140 Å². The van der Waals surface area contributed by atoms with Crippen molar-refractivity contribution in [1.29, 1.82) is 0 Å². The van der Waals surface area contributed by atoms with Crippen molar-refractivity contribution in [2.24, 2.45) is 0 Å². The monoisotopic (exact) mass is 331 g/mol. The van der Waals surface area contributed by atoms with Crippen LogP contribution in [0, 0.1) is 13.8 Å². The van der Waals surface area contributed by atoms with Crippen LogP contribution in [0.15, 0.2) is 35.2 Å². The molecule has 2 aromatic rings. The van der Waals surface area contributed by atoms with E-state index in [0.29, 0.717) is 5.25 Å². The summed E-state index contributed by atoms with van der Waals surface area (Å²) in [7, 11) is 0. The normalized spacial score (nSPS) is 15.2. The fourth-order valence-electron chi connectivity index (χ4n) is 2.90. The Hall–Kier alpha value is -1.26. The molecule has 0 spiro atoms. The van der Waals surface area contributed by atoms with Gasteiger partial charge in [-0.05, 0) is 44.9 Å².